The van der Waals surface area contributed by atoms with Crippen molar-refractivity contribution in [3.05, 3.63) is 30.2 Å². The molecular formula is C12H13N3O2. The largest absolute Gasteiger partial charge is 0.495 e. The van der Waals surface area contributed by atoms with Crippen molar-refractivity contribution < 1.29 is 9.47 Å². The Balaban J connectivity index is 2.35. The van der Waals surface area contributed by atoms with E-state index in [4.69, 9.17) is 9.47 Å². The highest BCUT2D eigenvalue weighted by molar-refractivity contribution is 5.50. The molecule has 0 spiro atoms. The minimum atomic E-state index is 0.575. The van der Waals surface area contributed by atoms with E-state index >= 15 is 0 Å². The Morgan fingerprint density at radius 3 is 2.35 bits per heavy atom. The van der Waals surface area contributed by atoms with Crippen LogP contribution in [-0.4, -0.2) is 29.2 Å². The molecule has 5 nitrogen and oxygen atoms in total. The first-order valence-electron chi connectivity index (χ1n) is 5.12. The number of ether oxygens (including phenoxy) is 2. The van der Waals surface area contributed by atoms with Gasteiger partial charge in [0.25, 0.3) is 0 Å². The van der Waals surface area contributed by atoms with Crippen molar-refractivity contribution in [3.8, 4) is 23.0 Å². The molecule has 2 aromatic heterocycles. The summed E-state index contributed by atoms with van der Waals surface area (Å²) in [5, 5.41) is 0. The minimum absolute atomic E-state index is 0.575. The summed E-state index contributed by atoms with van der Waals surface area (Å²) in [5.74, 6) is 1.95. The normalized spacial score (nSPS) is 10.1. The summed E-state index contributed by atoms with van der Waals surface area (Å²) >= 11 is 0. The van der Waals surface area contributed by atoms with E-state index in [1.54, 1.807) is 26.6 Å². The second-order valence-electron chi connectivity index (χ2n) is 3.43. The molecule has 5 heteroatoms. The van der Waals surface area contributed by atoms with Gasteiger partial charge in [-0.3, -0.25) is 0 Å². The van der Waals surface area contributed by atoms with E-state index in [2.05, 4.69) is 15.0 Å². The van der Waals surface area contributed by atoms with E-state index in [9.17, 15) is 0 Å². The summed E-state index contributed by atoms with van der Waals surface area (Å²) in [6, 6.07) is 3.64. The Bertz CT molecular complexity index is 512. The lowest BCUT2D eigenvalue weighted by atomic mass is 10.3. The molecule has 0 atom stereocenters. The van der Waals surface area contributed by atoms with E-state index in [1.165, 1.54) is 0 Å². The molecule has 0 aromatic carbocycles. The fourth-order valence-electron chi connectivity index (χ4n) is 1.41. The molecule has 0 aliphatic rings. The maximum absolute atomic E-state index is 5.11. The molecule has 88 valence electrons. The molecule has 0 unspecified atom stereocenters. The zero-order chi connectivity index (χ0) is 12.3. The van der Waals surface area contributed by atoms with Crippen LogP contribution in [0.5, 0.6) is 11.5 Å². The van der Waals surface area contributed by atoms with Gasteiger partial charge in [-0.25, -0.2) is 15.0 Å². The number of pyridine rings is 1. The summed E-state index contributed by atoms with van der Waals surface area (Å²) < 4.78 is 10.1. The third-order valence-corrected chi connectivity index (χ3v) is 2.36. The van der Waals surface area contributed by atoms with E-state index < -0.39 is 0 Å². The van der Waals surface area contributed by atoms with Crippen LogP contribution in [0.3, 0.4) is 0 Å². The number of hydrogen-bond acceptors (Lipinski definition) is 5. The fraction of sp³-hybridized carbons (Fsp3) is 0.250. The van der Waals surface area contributed by atoms with E-state index in [0.717, 1.165) is 5.69 Å². The summed E-state index contributed by atoms with van der Waals surface area (Å²) in [7, 11) is 3.20. The second-order valence-corrected chi connectivity index (χ2v) is 3.43. The van der Waals surface area contributed by atoms with Gasteiger partial charge in [-0.05, 0) is 19.1 Å². The Morgan fingerprint density at radius 2 is 1.82 bits per heavy atom. The first kappa shape index (κ1) is 11.3. The maximum Gasteiger partial charge on any atom is 0.178 e. The van der Waals surface area contributed by atoms with Crippen LogP contribution < -0.4 is 9.47 Å². The lowest BCUT2D eigenvalue weighted by molar-refractivity contribution is 0.407. The van der Waals surface area contributed by atoms with Crippen molar-refractivity contribution in [1.82, 2.24) is 15.0 Å². The van der Waals surface area contributed by atoms with Crippen molar-refractivity contribution in [2.24, 2.45) is 0 Å². The van der Waals surface area contributed by atoms with Gasteiger partial charge in [0.1, 0.15) is 11.4 Å². The maximum atomic E-state index is 5.11. The van der Waals surface area contributed by atoms with Crippen molar-refractivity contribution in [2.45, 2.75) is 6.92 Å². The Hall–Kier alpha value is -2.17. The molecular weight excluding hydrogens is 218 g/mol. The third-order valence-electron chi connectivity index (χ3n) is 2.36. The Morgan fingerprint density at radius 1 is 1.00 bits per heavy atom. The predicted molar refractivity (Wildman–Crippen MR) is 63.1 cm³/mol. The van der Waals surface area contributed by atoms with Crippen molar-refractivity contribution in [1.29, 1.82) is 0 Å². The highest BCUT2D eigenvalue weighted by Gasteiger charge is 2.06. The van der Waals surface area contributed by atoms with Gasteiger partial charge in [0.2, 0.25) is 0 Å². The molecule has 0 aliphatic carbocycles. The van der Waals surface area contributed by atoms with Crippen LogP contribution in [-0.2, 0) is 0 Å². The molecule has 2 heterocycles. The molecule has 0 saturated heterocycles. The number of aryl methyl sites for hydroxylation is 1. The average Bonchev–Trinajstić information content (AvgIpc) is 2.39. The number of methoxy groups -OCH3 is 2. The molecule has 17 heavy (non-hydrogen) atoms. The first-order chi connectivity index (χ1) is 8.24. The molecule has 2 rings (SSSR count). The zero-order valence-electron chi connectivity index (χ0n) is 9.97. The SMILES string of the molecule is COc1ccc(-c2ncc(OC)c(C)n2)nc1. The molecule has 0 bridgehead atoms. The monoisotopic (exact) mass is 231 g/mol. The van der Waals surface area contributed by atoms with Crippen LogP contribution in [0.25, 0.3) is 11.5 Å². The van der Waals surface area contributed by atoms with Crippen molar-refractivity contribution >= 4 is 0 Å². The molecule has 0 amide bonds. The number of hydrogen-bond donors (Lipinski definition) is 0. The van der Waals surface area contributed by atoms with E-state index in [1.807, 2.05) is 19.1 Å². The second kappa shape index (κ2) is 4.78. The summed E-state index contributed by atoms with van der Waals surface area (Å²) in [5.41, 5.74) is 1.49. The average molecular weight is 231 g/mol. The van der Waals surface area contributed by atoms with Gasteiger partial charge in [0.05, 0.1) is 32.3 Å². The molecule has 2 aromatic rings. The van der Waals surface area contributed by atoms with Gasteiger partial charge in [-0.1, -0.05) is 0 Å². The molecule has 0 radical (unpaired) electrons. The lowest BCUT2D eigenvalue weighted by Crippen LogP contribution is -1.97. The van der Waals surface area contributed by atoms with Gasteiger partial charge in [-0.2, -0.15) is 0 Å². The first-order valence-corrected chi connectivity index (χ1v) is 5.12. The van der Waals surface area contributed by atoms with Crippen LogP contribution in [0.4, 0.5) is 0 Å². The van der Waals surface area contributed by atoms with Crippen LogP contribution in [0.1, 0.15) is 5.69 Å². The molecule has 0 fully saturated rings. The number of rotatable bonds is 3. The van der Waals surface area contributed by atoms with Crippen LogP contribution in [0.15, 0.2) is 24.5 Å². The highest BCUT2D eigenvalue weighted by Crippen LogP contribution is 2.19. The van der Waals surface area contributed by atoms with Crippen LogP contribution in [0.2, 0.25) is 0 Å². The fourth-order valence-corrected chi connectivity index (χ4v) is 1.41. The predicted octanol–water partition coefficient (Wildman–Crippen LogP) is 1.86. The lowest BCUT2D eigenvalue weighted by Gasteiger charge is -2.05. The van der Waals surface area contributed by atoms with Crippen LogP contribution in [0, 0.1) is 6.92 Å². The third kappa shape index (κ3) is 2.33. The van der Waals surface area contributed by atoms with Crippen molar-refractivity contribution in [2.75, 3.05) is 14.2 Å². The summed E-state index contributed by atoms with van der Waals surface area (Å²) in [4.78, 5) is 12.8. The minimum Gasteiger partial charge on any atom is -0.495 e. The molecule has 0 saturated carbocycles. The number of aromatic nitrogens is 3. The van der Waals surface area contributed by atoms with Crippen LogP contribution >= 0.6 is 0 Å². The van der Waals surface area contributed by atoms with Gasteiger partial charge >= 0.3 is 0 Å². The van der Waals surface area contributed by atoms with Gasteiger partial charge < -0.3 is 9.47 Å². The molecule has 0 aliphatic heterocycles. The quantitative estimate of drug-likeness (QED) is 0.807. The highest BCUT2D eigenvalue weighted by atomic mass is 16.5. The molecule has 0 N–H and O–H groups in total. The van der Waals surface area contributed by atoms with Gasteiger partial charge in [0, 0.05) is 0 Å². The smallest absolute Gasteiger partial charge is 0.178 e. The van der Waals surface area contributed by atoms with Gasteiger partial charge in [0.15, 0.2) is 11.6 Å². The topological polar surface area (TPSA) is 57.1 Å². The van der Waals surface area contributed by atoms with E-state index in [0.29, 0.717) is 23.0 Å². The van der Waals surface area contributed by atoms with Gasteiger partial charge in [-0.15, -0.1) is 0 Å². The van der Waals surface area contributed by atoms with Crippen molar-refractivity contribution in [3.63, 3.8) is 0 Å². The number of nitrogens with zero attached hydrogens (tertiary/aromatic N) is 3. The summed E-state index contributed by atoms with van der Waals surface area (Å²) in [6.45, 7) is 1.87. The Kier molecular flexibility index (Phi) is 3.18. The summed E-state index contributed by atoms with van der Waals surface area (Å²) in [6.07, 6.45) is 3.28. The van der Waals surface area contributed by atoms with E-state index in [-0.39, 0.29) is 0 Å². The zero-order valence-corrected chi connectivity index (χ0v) is 9.97. The Labute approximate surface area is 99.5 Å². The standard InChI is InChI=1S/C12H13N3O2/c1-8-11(17-3)7-14-12(15-8)10-5-4-9(16-2)6-13-10/h4-7H,1-3H3.